The molecule has 3 N–H and O–H groups in total. The van der Waals surface area contributed by atoms with Crippen molar-refractivity contribution < 1.29 is 9.90 Å². The number of hydrogen-bond donors (Lipinski definition) is 2. The molecule has 0 spiro atoms. The highest BCUT2D eigenvalue weighted by atomic mass is 79.9. The fraction of sp³-hybridized carbons (Fsp3) is 0.333. The minimum absolute atomic E-state index is 0.283. The van der Waals surface area contributed by atoms with Crippen molar-refractivity contribution in [3.63, 3.8) is 0 Å². The zero-order chi connectivity index (χ0) is 9.14. The number of carboxylic acid groups (broad SMARTS) is 1. The van der Waals surface area contributed by atoms with Crippen LogP contribution in [0.4, 0.5) is 0 Å². The van der Waals surface area contributed by atoms with Crippen molar-refractivity contribution in [3.05, 3.63) is 15.0 Å². The number of nitrogens with zero attached hydrogens (tertiary/aromatic N) is 1. The first-order valence-electron chi connectivity index (χ1n) is 3.18. The maximum Gasteiger partial charge on any atom is 0.320 e. The molecular formula is C6H7BrN2O2S. The quantitative estimate of drug-likeness (QED) is 0.835. The Morgan fingerprint density at radius 2 is 2.58 bits per heavy atom. The monoisotopic (exact) mass is 250 g/mol. The van der Waals surface area contributed by atoms with Crippen molar-refractivity contribution in [1.29, 1.82) is 0 Å². The molecule has 0 fully saturated rings. The van der Waals surface area contributed by atoms with E-state index in [0.29, 0.717) is 0 Å². The molecular weight excluding hydrogens is 244 g/mol. The Bertz CT molecular complexity index is 289. The molecule has 4 nitrogen and oxygen atoms in total. The van der Waals surface area contributed by atoms with E-state index in [2.05, 4.69) is 20.9 Å². The van der Waals surface area contributed by atoms with E-state index in [4.69, 9.17) is 10.8 Å². The summed E-state index contributed by atoms with van der Waals surface area (Å²) < 4.78 is 0.884. The van der Waals surface area contributed by atoms with E-state index >= 15 is 0 Å². The van der Waals surface area contributed by atoms with E-state index < -0.39 is 12.0 Å². The molecule has 0 amide bonds. The molecule has 0 bridgehead atoms. The number of carbonyl (C=O) groups is 1. The molecule has 0 aliphatic rings. The second kappa shape index (κ2) is 3.97. The van der Waals surface area contributed by atoms with Gasteiger partial charge in [0.15, 0.2) is 0 Å². The lowest BCUT2D eigenvalue weighted by molar-refractivity contribution is -0.138. The van der Waals surface area contributed by atoms with Gasteiger partial charge < -0.3 is 10.8 Å². The van der Waals surface area contributed by atoms with Gasteiger partial charge in [-0.1, -0.05) is 0 Å². The molecule has 1 aromatic heterocycles. The molecule has 0 radical (unpaired) electrons. The van der Waals surface area contributed by atoms with Crippen LogP contribution in [-0.4, -0.2) is 22.1 Å². The Labute approximate surface area is 81.5 Å². The van der Waals surface area contributed by atoms with Crippen molar-refractivity contribution in [3.8, 4) is 0 Å². The van der Waals surface area contributed by atoms with Crippen LogP contribution in [0.25, 0.3) is 0 Å². The number of aliphatic carboxylic acids is 1. The fourth-order valence-corrected chi connectivity index (χ4v) is 2.02. The van der Waals surface area contributed by atoms with Crippen molar-refractivity contribution >= 4 is 33.2 Å². The SMILES string of the molecule is NC(Cc1ncc(Br)s1)C(=O)O. The Morgan fingerprint density at radius 1 is 1.92 bits per heavy atom. The number of hydrogen-bond acceptors (Lipinski definition) is 4. The molecule has 0 aliphatic heterocycles. The Balaban J connectivity index is 2.58. The van der Waals surface area contributed by atoms with Gasteiger partial charge in [0.2, 0.25) is 0 Å². The molecule has 0 aliphatic carbocycles. The molecule has 1 unspecified atom stereocenters. The number of halogens is 1. The molecule has 6 heteroatoms. The van der Waals surface area contributed by atoms with Crippen LogP contribution in [0.15, 0.2) is 9.98 Å². The number of nitrogens with two attached hydrogens (primary N) is 1. The molecule has 1 atom stereocenters. The maximum absolute atomic E-state index is 10.4. The van der Waals surface area contributed by atoms with Crippen LogP contribution in [0.2, 0.25) is 0 Å². The minimum atomic E-state index is -0.999. The van der Waals surface area contributed by atoms with Crippen molar-refractivity contribution in [2.75, 3.05) is 0 Å². The topological polar surface area (TPSA) is 76.2 Å². The third-order valence-corrected chi connectivity index (χ3v) is 2.74. The van der Waals surface area contributed by atoms with Gasteiger partial charge in [-0.15, -0.1) is 11.3 Å². The first-order valence-corrected chi connectivity index (χ1v) is 4.79. The summed E-state index contributed by atoms with van der Waals surface area (Å²) in [6.07, 6.45) is 1.92. The van der Waals surface area contributed by atoms with Crippen LogP contribution in [0.1, 0.15) is 5.01 Å². The van der Waals surface area contributed by atoms with Gasteiger partial charge in [-0.3, -0.25) is 4.79 Å². The summed E-state index contributed by atoms with van der Waals surface area (Å²) in [7, 11) is 0. The minimum Gasteiger partial charge on any atom is -0.480 e. The molecule has 1 rings (SSSR count). The summed E-state index contributed by atoms with van der Waals surface area (Å²) in [5.74, 6) is -0.999. The maximum atomic E-state index is 10.4. The first kappa shape index (κ1) is 9.63. The van der Waals surface area contributed by atoms with Crippen LogP contribution in [-0.2, 0) is 11.2 Å². The zero-order valence-corrected chi connectivity index (χ0v) is 8.43. The predicted octanol–water partition coefficient (Wildman–Crippen LogP) is 0.860. The summed E-state index contributed by atoms with van der Waals surface area (Å²) in [5.41, 5.74) is 5.31. The summed E-state index contributed by atoms with van der Waals surface area (Å²) in [6.45, 7) is 0. The number of rotatable bonds is 3. The van der Waals surface area contributed by atoms with Gasteiger partial charge in [-0.25, -0.2) is 4.98 Å². The normalized spacial score (nSPS) is 12.8. The standard InChI is InChI=1S/C6H7BrN2O2S/c7-4-2-9-5(12-4)1-3(8)6(10)11/h2-3H,1,8H2,(H,10,11). The zero-order valence-electron chi connectivity index (χ0n) is 6.03. The average molecular weight is 251 g/mol. The van der Waals surface area contributed by atoms with Crippen LogP contribution >= 0.6 is 27.3 Å². The van der Waals surface area contributed by atoms with Crippen molar-refractivity contribution in [1.82, 2.24) is 4.98 Å². The lowest BCUT2D eigenvalue weighted by Gasteiger charge is -2.01. The molecule has 0 saturated heterocycles. The van der Waals surface area contributed by atoms with Gasteiger partial charge in [-0.05, 0) is 15.9 Å². The van der Waals surface area contributed by atoms with Crippen LogP contribution in [0.5, 0.6) is 0 Å². The van der Waals surface area contributed by atoms with Crippen LogP contribution in [0, 0.1) is 0 Å². The highest BCUT2D eigenvalue weighted by Gasteiger charge is 2.13. The molecule has 1 heterocycles. The summed E-state index contributed by atoms with van der Waals surface area (Å²) in [6, 6.07) is -0.858. The van der Waals surface area contributed by atoms with Gasteiger partial charge in [0.05, 0.1) is 15.0 Å². The highest BCUT2D eigenvalue weighted by Crippen LogP contribution is 2.19. The second-order valence-electron chi connectivity index (χ2n) is 2.21. The number of carboxylic acids is 1. The molecule has 66 valence electrons. The van der Waals surface area contributed by atoms with E-state index in [1.807, 2.05) is 0 Å². The van der Waals surface area contributed by atoms with Crippen molar-refractivity contribution in [2.24, 2.45) is 5.73 Å². The van der Waals surface area contributed by atoms with Crippen LogP contribution in [0.3, 0.4) is 0 Å². The second-order valence-corrected chi connectivity index (χ2v) is 4.70. The fourth-order valence-electron chi connectivity index (χ4n) is 0.658. The average Bonchev–Trinajstić information content (AvgIpc) is 2.35. The van der Waals surface area contributed by atoms with E-state index in [1.165, 1.54) is 11.3 Å². The lowest BCUT2D eigenvalue weighted by Crippen LogP contribution is -2.32. The first-order chi connectivity index (χ1) is 5.59. The third kappa shape index (κ3) is 2.54. The summed E-state index contributed by atoms with van der Waals surface area (Å²) in [5, 5.41) is 9.22. The van der Waals surface area contributed by atoms with E-state index in [-0.39, 0.29) is 6.42 Å². The molecule has 0 aromatic carbocycles. The highest BCUT2D eigenvalue weighted by molar-refractivity contribution is 9.11. The molecule has 0 saturated carbocycles. The summed E-state index contributed by atoms with van der Waals surface area (Å²) >= 11 is 4.62. The van der Waals surface area contributed by atoms with E-state index in [0.717, 1.165) is 8.79 Å². The Hall–Kier alpha value is -0.460. The smallest absolute Gasteiger partial charge is 0.320 e. The predicted molar refractivity (Wildman–Crippen MR) is 49.1 cm³/mol. The lowest BCUT2D eigenvalue weighted by atomic mass is 10.2. The van der Waals surface area contributed by atoms with Gasteiger partial charge in [0.1, 0.15) is 6.04 Å². The largest absolute Gasteiger partial charge is 0.480 e. The third-order valence-electron chi connectivity index (χ3n) is 1.24. The number of aromatic nitrogens is 1. The molecule has 12 heavy (non-hydrogen) atoms. The Morgan fingerprint density at radius 3 is 3.00 bits per heavy atom. The van der Waals surface area contributed by atoms with Gasteiger partial charge in [-0.2, -0.15) is 0 Å². The molecule has 1 aromatic rings. The van der Waals surface area contributed by atoms with Crippen LogP contribution < -0.4 is 5.73 Å². The number of thiazole rings is 1. The summed E-state index contributed by atoms with van der Waals surface area (Å²) in [4.78, 5) is 14.3. The van der Waals surface area contributed by atoms with Crippen molar-refractivity contribution in [2.45, 2.75) is 12.5 Å². The Kier molecular flexibility index (Phi) is 3.19. The van der Waals surface area contributed by atoms with Gasteiger partial charge >= 0.3 is 5.97 Å². The van der Waals surface area contributed by atoms with Gasteiger partial charge in [0, 0.05) is 6.42 Å². The van der Waals surface area contributed by atoms with E-state index in [1.54, 1.807) is 6.20 Å². The van der Waals surface area contributed by atoms with E-state index in [9.17, 15) is 4.79 Å². The van der Waals surface area contributed by atoms with Gasteiger partial charge in [0.25, 0.3) is 0 Å².